The molecule has 0 radical (unpaired) electrons. The number of nitrogens with two attached hydrogens (primary N) is 1. The molecule has 0 unspecified atom stereocenters. The number of carbonyl (C=O) groups is 2. The van der Waals surface area contributed by atoms with Gasteiger partial charge in [0, 0.05) is 63.0 Å². The molecule has 0 aliphatic carbocycles. The Bertz CT molecular complexity index is 1740. The minimum atomic E-state index is -0.481. The number of esters is 1. The molecule has 0 aliphatic heterocycles. The van der Waals surface area contributed by atoms with Gasteiger partial charge in [-0.2, -0.15) is 0 Å². The second-order valence-electron chi connectivity index (χ2n) is 9.12. The Morgan fingerprint density at radius 1 is 0.833 bits per heavy atom. The van der Waals surface area contributed by atoms with Crippen LogP contribution in [-0.4, -0.2) is 37.6 Å². The van der Waals surface area contributed by atoms with Crippen LogP contribution < -0.4 is 11.2 Å². The average molecular weight is 828 g/mol. The molecule has 0 spiro atoms. The minimum Gasteiger partial charge on any atom is -0.466 e. The zero-order valence-electron chi connectivity index (χ0n) is 26.8. The van der Waals surface area contributed by atoms with Crippen molar-refractivity contribution in [1.29, 1.82) is 0 Å². The van der Waals surface area contributed by atoms with E-state index in [0.717, 1.165) is 25.7 Å². The summed E-state index contributed by atoms with van der Waals surface area (Å²) in [5, 5.41) is 1.94. The number of Topliss-reactive ketones (excluding diaryl/α,β-unsaturated/α-hetero) is 1. The Labute approximate surface area is 311 Å². The van der Waals surface area contributed by atoms with Crippen molar-refractivity contribution in [2.75, 3.05) is 26.6 Å². The van der Waals surface area contributed by atoms with E-state index < -0.39 is 5.97 Å². The molecule has 3 N–H and O–H groups in total. The number of rotatable bonds is 5. The summed E-state index contributed by atoms with van der Waals surface area (Å²) < 4.78 is 10.8. The average Bonchev–Trinajstić information content (AvgIpc) is 3.03. The SMILES string of the molecule is C.CC.CCOC(=O)CC(=O)c1ccc(Br)cc1.COC.Nc1cccc(Cl)c1.O=c1cc(-c2ccc(Br)cc2)[nH]c2cc(Cl)ccc12.[2HH]. The first-order valence-electron chi connectivity index (χ1n) is 14.4. The number of H-pyrrole nitrogens is 1. The van der Waals surface area contributed by atoms with Gasteiger partial charge >= 0.3 is 5.97 Å². The highest BCUT2D eigenvalue weighted by molar-refractivity contribution is 9.10. The Kier molecular flexibility index (Phi) is 22.9. The molecule has 5 rings (SSSR count). The second-order valence-corrected chi connectivity index (χ2v) is 11.8. The number of nitrogen functional groups attached to an aromatic ring is 1. The number of nitrogens with one attached hydrogen (secondary N) is 1. The number of anilines is 1. The fourth-order valence-corrected chi connectivity index (χ4v) is 4.50. The Morgan fingerprint density at radius 2 is 1.38 bits per heavy atom. The van der Waals surface area contributed by atoms with Crippen molar-refractivity contribution in [2.45, 2.75) is 34.6 Å². The molecule has 0 saturated heterocycles. The summed E-state index contributed by atoms with van der Waals surface area (Å²) in [6, 6.07) is 28.6. The van der Waals surface area contributed by atoms with Crippen molar-refractivity contribution in [3.05, 3.63) is 132 Å². The number of aromatic nitrogens is 1. The molecule has 0 aliphatic rings. The largest absolute Gasteiger partial charge is 0.466 e. The first kappa shape index (κ1) is 44.5. The molecule has 0 atom stereocenters. The first-order valence-corrected chi connectivity index (χ1v) is 16.8. The van der Waals surface area contributed by atoms with E-state index in [1.807, 2.05) is 44.2 Å². The minimum absolute atomic E-state index is 0. The van der Waals surface area contributed by atoms with Crippen LogP contribution in [0, 0.1) is 0 Å². The number of hydrogen-bond acceptors (Lipinski definition) is 6. The third-order valence-electron chi connectivity index (χ3n) is 5.57. The van der Waals surface area contributed by atoms with Crippen LogP contribution in [0.3, 0.4) is 0 Å². The van der Waals surface area contributed by atoms with Gasteiger partial charge in [-0.05, 0) is 73.2 Å². The number of ketones is 1. The predicted octanol–water partition coefficient (Wildman–Crippen LogP) is 11.3. The van der Waals surface area contributed by atoms with Gasteiger partial charge in [-0.1, -0.05) is 107 Å². The van der Waals surface area contributed by atoms with Crippen LogP contribution in [0.5, 0.6) is 0 Å². The molecule has 0 amide bonds. The first-order chi connectivity index (χ1) is 22.5. The molecule has 1 heterocycles. The number of fused-ring (bicyclic) bond motifs is 1. The lowest BCUT2D eigenvalue weighted by molar-refractivity contribution is -0.141. The van der Waals surface area contributed by atoms with Crippen LogP contribution in [0.15, 0.2) is 111 Å². The van der Waals surface area contributed by atoms with E-state index in [0.29, 0.717) is 33.3 Å². The number of benzene rings is 4. The zero-order chi connectivity index (χ0) is 35.4. The molecule has 5 aromatic rings. The van der Waals surface area contributed by atoms with Crippen molar-refractivity contribution in [1.82, 2.24) is 4.98 Å². The number of aromatic amines is 1. The van der Waals surface area contributed by atoms with E-state index >= 15 is 0 Å². The lowest BCUT2D eigenvalue weighted by Gasteiger charge is -2.05. The highest BCUT2D eigenvalue weighted by atomic mass is 79.9. The van der Waals surface area contributed by atoms with Crippen molar-refractivity contribution in [3.63, 3.8) is 0 Å². The summed E-state index contributed by atoms with van der Waals surface area (Å²) in [4.78, 5) is 37.9. The van der Waals surface area contributed by atoms with Gasteiger partial charge in [-0.15, -0.1) is 0 Å². The fourth-order valence-electron chi connectivity index (χ4n) is 3.60. The summed E-state index contributed by atoms with van der Waals surface area (Å²) in [6.45, 7) is 6.01. The zero-order valence-corrected chi connectivity index (χ0v) is 31.5. The number of carbonyl (C=O) groups excluding carboxylic acids is 2. The van der Waals surface area contributed by atoms with E-state index in [-0.39, 0.29) is 26.5 Å². The van der Waals surface area contributed by atoms with Crippen LogP contribution in [0.2, 0.25) is 10.0 Å². The Morgan fingerprint density at radius 3 is 1.88 bits per heavy atom. The lowest BCUT2D eigenvalue weighted by Crippen LogP contribution is -2.11. The summed E-state index contributed by atoms with van der Waals surface area (Å²) >= 11 is 18.2. The summed E-state index contributed by atoms with van der Waals surface area (Å²) in [5.41, 5.74) is 9.08. The van der Waals surface area contributed by atoms with Gasteiger partial charge in [0.25, 0.3) is 0 Å². The number of halogens is 4. The summed E-state index contributed by atoms with van der Waals surface area (Å²) in [5.74, 6) is -0.702. The van der Waals surface area contributed by atoms with Crippen molar-refractivity contribution in [2.24, 2.45) is 0 Å². The van der Waals surface area contributed by atoms with Crippen molar-refractivity contribution in [3.8, 4) is 11.3 Å². The molecule has 0 fully saturated rings. The van der Waals surface area contributed by atoms with Gasteiger partial charge in [0.2, 0.25) is 0 Å². The molecule has 48 heavy (non-hydrogen) atoms. The number of pyridine rings is 1. The number of methoxy groups -OCH3 is 1. The highest BCUT2D eigenvalue weighted by Crippen LogP contribution is 2.22. The molecular formula is C37H44Br2Cl2N2O5. The van der Waals surface area contributed by atoms with Gasteiger partial charge in [0.1, 0.15) is 6.42 Å². The monoisotopic (exact) mass is 825 g/mol. The fraction of sp³-hybridized carbons (Fsp3) is 0.216. The van der Waals surface area contributed by atoms with Gasteiger partial charge in [0.05, 0.1) is 12.1 Å². The molecule has 0 bridgehead atoms. The maximum atomic E-state index is 12.1. The Balaban J connectivity index is 0. The number of hydrogen-bond donors (Lipinski definition) is 2. The van der Waals surface area contributed by atoms with Crippen molar-refractivity contribution < 1.29 is 20.5 Å². The maximum Gasteiger partial charge on any atom is 0.313 e. The van der Waals surface area contributed by atoms with Crippen LogP contribution in [0.25, 0.3) is 22.2 Å². The molecule has 0 saturated carbocycles. The van der Waals surface area contributed by atoms with Crippen LogP contribution in [0.4, 0.5) is 5.69 Å². The molecule has 260 valence electrons. The second kappa shape index (κ2) is 24.6. The molecular weight excluding hydrogens is 783 g/mol. The normalized spacial score (nSPS) is 9.35. The smallest absolute Gasteiger partial charge is 0.313 e. The van der Waals surface area contributed by atoms with E-state index in [1.165, 1.54) is 0 Å². The summed E-state index contributed by atoms with van der Waals surface area (Å²) in [7, 11) is 3.25. The van der Waals surface area contributed by atoms with E-state index in [1.54, 1.807) is 87.9 Å². The Hall–Kier alpha value is -3.47. The molecule has 7 nitrogen and oxygen atoms in total. The van der Waals surface area contributed by atoms with Crippen LogP contribution in [0.1, 0.15) is 46.4 Å². The molecule has 11 heteroatoms. The van der Waals surface area contributed by atoms with Crippen LogP contribution in [-0.2, 0) is 14.3 Å². The van der Waals surface area contributed by atoms with Crippen LogP contribution >= 0.6 is 55.1 Å². The third-order valence-corrected chi connectivity index (χ3v) is 7.10. The molecule has 1 aromatic heterocycles. The van der Waals surface area contributed by atoms with Gasteiger partial charge in [-0.25, -0.2) is 0 Å². The molecule has 4 aromatic carbocycles. The third kappa shape index (κ3) is 16.6. The lowest BCUT2D eigenvalue weighted by atomic mass is 10.1. The maximum absolute atomic E-state index is 12.1. The van der Waals surface area contributed by atoms with Crippen molar-refractivity contribution >= 4 is 83.4 Å². The van der Waals surface area contributed by atoms with E-state index in [9.17, 15) is 14.4 Å². The topological polar surface area (TPSA) is 111 Å². The number of ether oxygens (including phenoxy) is 2. The summed E-state index contributed by atoms with van der Waals surface area (Å²) in [6.07, 6.45) is -0.199. The standard InChI is InChI=1S/C15H9BrClNO.C11H11BrO3.C6H6ClN.C2H6O.C2H6.CH4.H2/c16-10-3-1-9(2-4-10)13-8-15(19)12-6-5-11(17)7-14(12)18-13;1-2-15-11(14)7-10(13)8-3-5-9(12)6-4-8;7-5-2-1-3-6(8)4-5;1-3-2;1-2;;/h1-8H,(H,18,19);3-6H,2,7H2,1H3;1-4H,8H2;1-2H3;1-2H3;1H4;1H/i;;;;;;1+1. The van der Waals surface area contributed by atoms with E-state index in [4.69, 9.17) is 28.9 Å². The highest BCUT2D eigenvalue weighted by Gasteiger charge is 2.12. The predicted molar refractivity (Wildman–Crippen MR) is 211 cm³/mol. The van der Waals surface area contributed by atoms with Gasteiger partial charge in [-0.3, -0.25) is 14.4 Å². The quantitative estimate of drug-likeness (QED) is 0.0790. The van der Waals surface area contributed by atoms with Gasteiger partial charge in [0.15, 0.2) is 11.2 Å². The van der Waals surface area contributed by atoms with E-state index in [2.05, 4.69) is 46.3 Å². The van der Waals surface area contributed by atoms with Gasteiger partial charge < -0.3 is 20.2 Å².